The van der Waals surface area contributed by atoms with Crippen LogP contribution in [0.4, 0.5) is 0 Å². The zero-order valence-corrected chi connectivity index (χ0v) is 7.63. The van der Waals surface area contributed by atoms with Crippen molar-refractivity contribution < 1.29 is 0 Å². The standard InChI is InChI=1S/C8H11N3S/c1-2-11-4-6(1)3-7(11)8-9-5-10-12-8/h5-7H,1-4H2. The highest BCUT2D eigenvalue weighted by Gasteiger charge is 2.39. The first-order valence-corrected chi connectivity index (χ1v) is 5.21. The molecule has 0 spiro atoms. The fourth-order valence-corrected chi connectivity index (χ4v) is 3.05. The van der Waals surface area contributed by atoms with E-state index in [0.29, 0.717) is 6.04 Å². The molecule has 12 heavy (non-hydrogen) atoms. The van der Waals surface area contributed by atoms with Gasteiger partial charge >= 0.3 is 0 Å². The number of hydrogen-bond donors (Lipinski definition) is 0. The van der Waals surface area contributed by atoms with E-state index in [9.17, 15) is 0 Å². The van der Waals surface area contributed by atoms with Crippen molar-refractivity contribution in [1.29, 1.82) is 0 Å². The van der Waals surface area contributed by atoms with Crippen LogP contribution in [-0.2, 0) is 0 Å². The Morgan fingerprint density at radius 1 is 1.58 bits per heavy atom. The molecule has 2 saturated heterocycles. The van der Waals surface area contributed by atoms with Gasteiger partial charge in [-0.3, -0.25) is 4.90 Å². The summed E-state index contributed by atoms with van der Waals surface area (Å²) in [4.78, 5) is 6.83. The summed E-state index contributed by atoms with van der Waals surface area (Å²) in [5.74, 6) is 0.943. The van der Waals surface area contributed by atoms with Gasteiger partial charge in [0.15, 0.2) is 0 Å². The van der Waals surface area contributed by atoms with Crippen LogP contribution < -0.4 is 0 Å². The number of hydrogen-bond acceptors (Lipinski definition) is 4. The molecule has 0 aliphatic carbocycles. The van der Waals surface area contributed by atoms with Gasteiger partial charge in [0.25, 0.3) is 0 Å². The van der Waals surface area contributed by atoms with Crippen molar-refractivity contribution in [2.45, 2.75) is 18.9 Å². The lowest BCUT2D eigenvalue weighted by atomic mass is 10.0. The molecule has 3 heterocycles. The van der Waals surface area contributed by atoms with Crippen molar-refractivity contribution in [1.82, 2.24) is 14.3 Å². The van der Waals surface area contributed by atoms with Crippen LogP contribution in [0, 0.1) is 5.92 Å². The van der Waals surface area contributed by atoms with E-state index in [1.165, 1.54) is 30.9 Å². The van der Waals surface area contributed by atoms with Crippen molar-refractivity contribution in [2.75, 3.05) is 13.1 Å². The molecule has 4 heteroatoms. The van der Waals surface area contributed by atoms with E-state index in [0.717, 1.165) is 5.92 Å². The summed E-state index contributed by atoms with van der Waals surface area (Å²) in [5, 5.41) is 1.22. The maximum atomic E-state index is 4.28. The van der Waals surface area contributed by atoms with Crippen LogP contribution in [0.25, 0.3) is 0 Å². The Balaban J connectivity index is 1.87. The van der Waals surface area contributed by atoms with Crippen molar-refractivity contribution in [3.63, 3.8) is 0 Å². The highest BCUT2D eigenvalue weighted by Crippen LogP contribution is 2.41. The average Bonchev–Trinajstić information content (AvgIpc) is 2.81. The molecule has 0 aromatic carbocycles. The van der Waals surface area contributed by atoms with Crippen LogP contribution in [0.5, 0.6) is 0 Å². The summed E-state index contributed by atoms with van der Waals surface area (Å²) in [6.45, 7) is 2.57. The first kappa shape index (κ1) is 6.97. The Hall–Kier alpha value is -0.480. The molecule has 0 radical (unpaired) electrons. The largest absolute Gasteiger partial charge is 0.294 e. The lowest BCUT2D eigenvalue weighted by Gasteiger charge is -2.21. The minimum Gasteiger partial charge on any atom is -0.294 e. The predicted molar refractivity (Wildman–Crippen MR) is 46.9 cm³/mol. The second-order valence-corrected chi connectivity index (χ2v) is 4.49. The minimum absolute atomic E-state index is 0.608. The molecular weight excluding hydrogens is 170 g/mol. The van der Waals surface area contributed by atoms with Gasteiger partial charge in [0.05, 0.1) is 6.04 Å². The van der Waals surface area contributed by atoms with E-state index in [2.05, 4.69) is 14.3 Å². The number of fused-ring (bicyclic) bond motifs is 2. The topological polar surface area (TPSA) is 29.0 Å². The van der Waals surface area contributed by atoms with E-state index < -0.39 is 0 Å². The third-order valence-corrected chi connectivity index (χ3v) is 3.74. The SMILES string of the molecule is c1nsc(C2CC3CCN2C3)n1. The number of nitrogens with zero attached hydrogens (tertiary/aromatic N) is 3. The highest BCUT2D eigenvalue weighted by molar-refractivity contribution is 7.05. The lowest BCUT2D eigenvalue weighted by Crippen LogP contribution is -2.21. The van der Waals surface area contributed by atoms with Crippen LogP contribution in [0.1, 0.15) is 23.9 Å². The van der Waals surface area contributed by atoms with E-state index in [4.69, 9.17) is 0 Å². The smallest absolute Gasteiger partial charge is 0.130 e. The van der Waals surface area contributed by atoms with Crippen LogP contribution in [0.2, 0.25) is 0 Å². The summed E-state index contributed by atoms with van der Waals surface area (Å²) < 4.78 is 4.05. The van der Waals surface area contributed by atoms with Crippen LogP contribution in [-0.4, -0.2) is 27.3 Å². The Bertz CT molecular complexity index is 272. The molecule has 2 bridgehead atoms. The van der Waals surface area contributed by atoms with Gasteiger partial charge in [-0.2, -0.15) is 4.37 Å². The summed E-state index contributed by atoms with van der Waals surface area (Å²) in [6, 6.07) is 0.608. The van der Waals surface area contributed by atoms with Gasteiger partial charge in [0, 0.05) is 6.54 Å². The fourth-order valence-electron chi connectivity index (χ4n) is 2.39. The van der Waals surface area contributed by atoms with E-state index in [1.807, 2.05) is 0 Å². The molecule has 3 unspecified atom stereocenters. The normalized spacial score (nSPS) is 39.2. The zero-order valence-electron chi connectivity index (χ0n) is 6.81. The Kier molecular flexibility index (Phi) is 1.45. The number of aromatic nitrogens is 2. The molecule has 1 aromatic heterocycles. The van der Waals surface area contributed by atoms with Gasteiger partial charge in [-0.1, -0.05) is 0 Å². The predicted octanol–water partition coefficient (Wildman–Crippen LogP) is 1.30. The van der Waals surface area contributed by atoms with Crippen molar-refractivity contribution in [2.24, 2.45) is 5.92 Å². The second kappa shape index (κ2) is 2.50. The molecular formula is C8H11N3S. The van der Waals surface area contributed by atoms with Crippen LogP contribution >= 0.6 is 11.5 Å². The van der Waals surface area contributed by atoms with Gasteiger partial charge in [-0.15, -0.1) is 0 Å². The van der Waals surface area contributed by atoms with Gasteiger partial charge in [-0.05, 0) is 36.8 Å². The minimum atomic E-state index is 0.608. The maximum absolute atomic E-state index is 4.28. The van der Waals surface area contributed by atoms with Gasteiger partial charge in [0.2, 0.25) is 0 Å². The molecule has 0 amide bonds. The molecule has 0 N–H and O–H groups in total. The molecule has 3 atom stereocenters. The van der Waals surface area contributed by atoms with E-state index in [1.54, 1.807) is 17.9 Å². The third-order valence-electron chi connectivity index (χ3n) is 2.98. The first-order chi connectivity index (χ1) is 5.93. The third kappa shape index (κ3) is 0.912. The molecule has 3 nitrogen and oxygen atoms in total. The summed E-state index contributed by atoms with van der Waals surface area (Å²) in [7, 11) is 0. The zero-order chi connectivity index (χ0) is 7.97. The Morgan fingerprint density at radius 2 is 2.58 bits per heavy atom. The maximum Gasteiger partial charge on any atom is 0.130 e. The van der Waals surface area contributed by atoms with Crippen molar-refractivity contribution in [3.8, 4) is 0 Å². The molecule has 2 aliphatic rings. The summed E-state index contributed by atoms with van der Waals surface area (Å²) >= 11 is 1.56. The molecule has 0 saturated carbocycles. The molecule has 2 fully saturated rings. The summed E-state index contributed by atoms with van der Waals surface area (Å²) in [5.41, 5.74) is 0. The lowest BCUT2D eigenvalue weighted by molar-refractivity contribution is 0.265. The fraction of sp³-hybridized carbons (Fsp3) is 0.750. The number of piperidine rings is 1. The highest BCUT2D eigenvalue weighted by atomic mass is 32.1. The average molecular weight is 181 g/mol. The molecule has 64 valence electrons. The second-order valence-electron chi connectivity index (χ2n) is 3.68. The van der Waals surface area contributed by atoms with Crippen LogP contribution in [0.15, 0.2) is 6.33 Å². The van der Waals surface area contributed by atoms with Crippen molar-refractivity contribution in [3.05, 3.63) is 11.3 Å². The molecule has 2 aliphatic heterocycles. The Labute approximate surface area is 75.6 Å². The molecule has 1 aromatic rings. The monoisotopic (exact) mass is 181 g/mol. The quantitative estimate of drug-likeness (QED) is 0.654. The van der Waals surface area contributed by atoms with Gasteiger partial charge in [0.1, 0.15) is 11.3 Å². The van der Waals surface area contributed by atoms with Crippen molar-refractivity contribution >= 4 is 11.5 Å². The van der Waals surface area contributed by atoms with E-state index in [-0.39, 0.29) is 0 Å². The van der Waals surface area contributed by atoms with Crippen LogP contribution in [0.3, 0.4) is 0 Å². The molecule has 3 rings (SSSR count). The van der Waals surface area contributed by atoms with Gasteiger partial charge in [-0.25, -0.2) is 4.98 Å². The number of rotatable bonds is 1. The first-order valence-electron chi connectivity index (χ1n) is 4.44. The van der Waals surface area contributed by atoms with E-state index >= 15 is 0 Å². The summed E-state index contributed by atoms with van der Waals surface area (Å²) in [6.07, 6.45) is 4.39. The Morgan fingerprint density at radius 3 is 3.17 bits per heavy atom. The van der Waals surface area contributed by atoms with Gasteiger partial charge < -0.3 is 0 Å².